The van der Waals surface area contributed by atoms with Crippen molar-refractivity contribution in [3.8, 4) is 5.75 Å². The molecule has 1 saturated heterocycles. The van der Waals surface area contributed by atoms with Crippen molar-refractivity contribution >= 4 is 0 Å². The Balaban J connectivity index is 1.68. The molecule has 3 nitrogen and oxygen atoms in total. The van der Waals surface area contributed by atoms with Gasteiger partial charge >= 0.3 is 0 Å². The summed E-state index contributed by atoms with van der Waals surface area (Å²) in [5, 5.41) is 3.41. The minimum Gasteiger partial charge on any atom is -0.487 e. The molecule has 0 aromatic heterocycles. The lowest BCUT2D eigenvalue weighted by atomic mass is 9.93. The number of benzene rings is 1. The molecule has 2 aliphatic rings. The van der Waals surface area contributed by atoms with Crippen molar-refractivity contribution in [1.82, 2.24) is 10.2 Å². The first-order valence-electron chi connectivity index (χ1n) is 7.92. The van der Waals surface area contributed by atoms with Crippen molar-refractivity contribution in [2.75, 3.05) is 26.2 Å². The van der Waals surface area contributed by atoms with Crippen LogP contribution >= 0.6 is 0 Å². The maximum atomic E-state index is 6.35. The van der Waals surface area contributed by atoms with Crippen LogP contribution in [-0.4, -0.2) is 36.7 Å². The lowest BCUT2D eigenvalue weighted by molar-refractivity contribution is 0.0182. The number of nitrogens with zero attached hydrogens (tertiary/aromatic N) is 1. The molecule has 110 valence electrons. The van der Waals surface area contributed by atoms with Crippen LogP contribution in [-0.2, 0) is 13.0 Å². The van der Waals surface area contributed by atoms with Gasteiger partial charge in [-0.15, -0.1) is 0 Å². The zero-order valence-electron chi connectivity index (χ0n) is 12.7. The first-order valence-corrected chi connectivity index (χ1v) is 7.92. The molecule has 20 heavy (non-hydrogen) atoms. The highest BCUT2D eigenvalue weighted by atomic mass is 16.5. The SMILES string of the molecule is CCN1CCC(C)(Oc2ccc3c(c2)CCNC3)CC1. The van der Waals surface area contributed by atoms with Gasteiger partial charge < -0.3 is 15.0 Å². The van der Waals surface area contributed by atoms with Crippen LogP contribution in [0.5, 0.6) is 5.75 Å². The molecule has 0 bridgehead atoms. The Kier molecular flexibility index (Phi) is 3.99. The summed E-state index contributed by atoms with van der Waals surface area (Å²) < 4.78 is 6.35. The molecule has 3 rings (SSSR count). The van der Waals surface area contributed by atoms with Crippen molar-refractivity contribution in [3.63, 3.8) is 0 Å². The number of nitrogens with one attached hydrogen (secondary N) is 1. The monoisotopic (exact) mass is 274 g/mol. The zero-order chi connectivity index (χ0) is 14.0. The van der Waals surface area contributed by atoms with E-state index in [-0.39, 0.29) is 5.60 Å². The van der Waals surface area contributed by atoms with Gasteiger partial charge in [0, 0.05) is 19.6 Å². The summed E-state index contributed by atoms with van der Waals surface area (Å²) in [6, 6.07) is 6.62. The van der Waals surface area contributed by atoms with Crippen molar-refractivity contribution in [1.29, 1.82) is 0 Å². The largest absolute Gasteiger partial charge is 0.487 e. The number of rotatable bonds is 3. The van der Waals surface area contributed by atoms with E-state index >= 15 is 0 Å². The second kappa shape index (κ2) is 5.74. The van der Waals surface area contributed by atoms with Gasteiger partial charge in [-0.05, 0) is 62.5 Å². The molecule has 0 amide bonds. The predicted molar refractivity (Wildman–Crippen MR) is 82.2 cm³/mol. The Hall–Kier alpha value is -1.06. The minimum atomic E-state index is 0.00677. The van der Waals surface area contributed by atoms with E-state index in [0.29, 0.717) is 0 Å². The number of likely N-dealkylation sites (tertiary alicyclic amines) is 1. The highest BCUT2D eigenvalue weighted by molar-refractivity contribution is 5.37. The normalized spacial score (nSPS) is 22.3. The molecule has 1 aromatic rings. The lowest BCUT2D eigenvalue weighted by Crippen LogP contribution is -2.45. The highest BCUT2D eigenvalue weighted by Crippen LogP contribution is 2.30. The second-order valence-corrected chi connectivity index (χ2v) is 6.34. The first-order chi connectivity index (χ1) is 9.68. The molecule has 1 aromatic carbocycles. The third-order valence-corrected chi connectivity index (χ3v) is 4.79. The summed E-state index contributed by atoms with van der Waals surface area (Å²) in [5.74, 6) is 1.05. The molecule has 2 aliphatic heterocycles. The molecule has 0 saturated carbocycles. The third-order valence-electron chi connectivity index (χ3n) is 4.79. The maximum absolute atomic E-state index is 6.35. The summed E-state index contributed by atoms with van der Waals surface area (Å²) >= 11 is 0. The Morgan fingerprint density at radius 1 is 1.25 bits per heavy atom. The molecular weight excluding hydrogens is 248 g/mol. The van der Waals surface area contributed by atoms with Crippen molar-refractivity contribution in [2.24, 2.45) is 0 Å². The van der Waals surface area contributed by atoms with Crippen molar-refractivity contribution in [2.45, 2.75) is 45.3 Å². The van der Waals surface area contributed by atoms with Gasteiger partial charge in [0.05, 0.1) is 0 Å². The van der Waals surface area contributed by atoms with E-state index in [4.69, 9.17) is 4.74 Å². The van der Waals surface area contributed by atoms with E-state index in [2.05, 4.69) is 42.3 Å². The van der Waals surface area contributed by atoms with Gasteiger partial charge in [0.1, 0.15) is 11.4 Å². The van der Waals surface area contributed by atoms with Crippen LogP contribution in [0.2, 0.25) is 0 Å². The van der Waals surface area contributed by atoms with Gasteiger partial charge in [-0.3, -0.25) is 0 Å². The topological polar surface area (TPSA) is 24.5 Å². The average Bonchev–Trinajstić information content (AvgIpc) is 2.48. The Bertz CT molecular complexity index is 464. The van der Waals surface area contributed by atoms with Gasteiger partial charge in [-0.2, -0.15) is 0 Å². The van der Waals surface area contributed by atoms with E-state index in [1.54, 1.807) is 0 Å². The molecule has 2 heterocycles. The molecule has 0 unspecified atom stereocenters. The Morgan fingerprint density at radius 2 is 2.05 bits per heavy atom. The molecule has 0 aliphatic carbocycles. The summed E-state index contributed by atoms with van der Waals surface area (Å²) in [6.07, 6.45) is 3.37. The summed E-state index contributed by atoms with van der Waals surface area (Å²) in [5.41, 5.74) is 2.89. The third kappa shape index (κ3) is 2.99. The number of ether oxygens (including phenoxy) is 1. The molecule has 0 atom stereocenters. The van der Waals surface area contributed by atoms with Crippen molar-refractivity contribution < 1.29 is 4.74 Å². The van der Waals surface area contributed by atoms with Crippen LogP contribution in [0.4, 0.5) is 0 Å². The van der Waals surface area contributed by atoms with E-state index in [9.17, 15) is 0 Å². The van der Waals surface area contributed by atoms with Crippen LogP contribution in [0.1, 0.15) is 37.8 Å². The molecule has 1 fully saturated rings. The van der Waals surface area contributed by atoms with Gasteiger partial charge in [0.2, 0.25) is 0 Å². The number of fused-ring (bicyclic) bond motifs is 1. The molecule has 0 radical (unpaired) electrons. The van der Waals surface area contributed by atoms with Gasteiger partial charge in [0.15, 0.2) is 0 Å². The Labute approximate surface area is 122 Å². The van der Waals surface area contributed by atoms with E-state index in [0.717, 1.165) is 57.7 Å². The van der Waals surface area contributed by atoms with Gasteiger partial charge in [-0.25, -0.2) is 0 Å². The van der Waals surface area contributed by atoms with Crippen LogP contribution in [0, 0.1) is 0 Å². The molecule has 3 heteroatoms. The fraction of sp³-hybridized carbons (Fsp3) is 0.647. The lowest BCUT2D eigenvalue weighted by Gasteiger charge is -2.39. The minimum absolute atomic E-state index is 0.00677. The number of hydrogen-bond donors (Lipinski definition) is 1. The summed E-state index contributed by atoms with van der Waals surface area (Å²) in [4.78, 5) is 2.50. The first kappa shape index (κ1) is 13.9. The van der Waals surface area contributed by atoms with Crippen molar-refractivity contribution in [3.05, 3.63) is 29.3 Å². The zero-order valence-corrected chi connectivity index (χ0v) is 12.7. The fourth-order valence-electron chi connectivity index (χ4n) is 3.25. The van der Waals surface area contributed by atoms with E-state index in [1.165, 1.54) is 11.1 Å². The quantitative estimate of drug-likeness (QED) is 0.917. The summed E-state index contributed by atoms with van der Waals surface area (Å²) in [6.45, 7) is 10.0. The Morgan fingerprint density at radius 3 is 2.80 bits per heavy atom. The molecular formula is C17H26N2O. The fourth-order valence-corrected chi connectivity index (χ4v) is 3.25. The highest BCUT2D eigenvalue weighted by Gasteiger charge is 2.31. The van der Waals surface area contributed by atoms with Crippen LogP contribution in [0.25, 0.3) is 0 Å². The van der Waals surface area contributed by atoms with Crippen LogP contribution in [0.15, 0.2) is 18.2 Å². The summed E-state index contributed by atoms with van der Waals surface area (Å²) in [7, 11) is 0. The number of piperidine rings is 1. The smallest absolute Gasteiger partial charge is 0.120 e. The van der Waals surface area contributed by atoms with Gasteiger partial charge in [0.25, 0.3) is 0 Å². The van der Waals surface area contributed by atoms with E-state index < -0.39 is 0 Å². The second-order valence-electron chi connectivity index (χ2n) is 6.34. The standard InChI is InChI=1S/C17H26N2O/c1-3-19-10-7-17(2,8-11-19)20-16-5-4-15-13-18-9-6-14(15)12-16/h4-5,12,18H,3,6-11,13H2,1-2H3. The van der Waals surface area contributed by atoms with Crippen LogP contribution in [0.3, 0.4) is 0 Å². The molecule has 1 N–H and O–H groups in total. The van der Waals surface area contributed by atoms with E-state index in [1.807, 2.05) is 0 Å². The number of hydrogen-bond acceptors (Lipinski definition) is 3. The van der Waals surface area contributed by atoms with Crippen LogP contribution < -0.4 is 10.1 Å². The van der Waals surface area contributed by atoms with Gasteiger partial charge in [-0.1, -0.05) is 13.0 Å². The average molecular weight is 274 g/mol. The maximum Gasteiger partial charge on any atom is 0.120 e. The molecule has 0 spiro atoms. The predicted octanol–water partition coefficient (Wildman–Crippen LogP) is 2.59.